The molecule has 5 heteroatoms. The fraction of sp³-hybridized carbons (Fsp3) is 0.188. The topological polar surface area (TPSA) is 76.0 Å². The predicted octanol–water partition coefficient (Wildman–Crippen LogP) is 2.54. The van der Waals surface area contributed by atoms with Crippen LogP contribution in [0.15, 0.2) is 36.4 Å². The van der Waals surface area contributed by atoms with Crippen molar-refractivity contribution in [2.24, 2.45) is 0 Å². The number of ether oxygens (including phenoxy) is 2. The maximum atomic E-state index is 12.2. The number of phenolic OH excluding ortho intramolecular Hbond substituents is 2. The Morgan fingerprint density at radius 2 is 1.71 bits per heavy atom. The number of carbonyl (C=O) groups excluding carboxylic acids is 1. The lowest BCUT2D eigenvalue weighted by Crippen LogP contribution is -2.04. The van der Waals surface area contributed by atoms with Crippen molar-refractivity contribution in [3.05, 3.63) is 47.5 Å². The SMILES string of the molecule is COc1ccc(CC(=O)c2cc(O)ccc2O)cc1OC. The van der Waals surface area contributed by atoms with Gasteiger partial charge >= 0.3 is 0 Å². The molecule has 2 aromatic rings. The van der Waals surface area contributed by atoms with Crippen LogP contribution >= 0.6 is 0 Å². The number of benzene rings is 2. The van der Waals surface area contributed by atoms with Gasteiger partial charge in [0.1, 0.15) is 11.5 Å². The molecule has 0 spiro atoms. The van der Waals surface area contributed by atoms with Gasteiger partial charge in [-0.2, -0.15) is 0 Å². The summed E-state index contributed by atoms with van der Waals surface area (Å²) in [5, 5.41) is 19.1. The van der Waals surface area contributed by atoms with Gasteiger partial charge in [-0.3, -0.25) is 4.79 Å². The van der Waals surface area contributed by atoms with E-state index >= 15 is 0 Å². The first-order valence-electron chi connectivity index (χ1n) is 6.31. The van der Waals surface area contributed by atoms with Crippen LogP contribution in [0.3, 0.4) is 0 Å². The van der Waals surface area contributed by atoms with E-state index in [-0.39, 0.29) is 29.3 Å². The first-order chi connectivity index (χ1) is 10.0. The van der Waals surface area contributed by atoms with Crippen LogP contribution in [0, 0.1) is 0 Å². The quantitative estimate of drug-likeness (QED) is 0.653. The van der Waals surface area contributed by atoms with Gasteiger partial charge in [-0.1, -0.05) is 6.07 Å². The van der Waals surface area contributed by atoms with E-state index in [0.717, 1.165) is 5.56 Å². The van der Waals surface area contributed by atoms with Gasteiger partial charge in [-0.15, -0.1) is 0 Å². The largest absolute Gasteiger partial charge is 0.508 e. The lowest BCUT2D eigenvalue weighted by molar-refractivity contribution is 0.0990. The second-order valence-corrected chi connectivity index (χ2v) is 4.49. The smallest absolute Gasteiger partial charge is 0.171 e. The van der Waals surface area contributed by atoms with Crippen molar-refractivity contribution in [3.63, 3.8) is 0 Å². The van der Waals surface area contributed by atoms with Crippen LogP contribution in [-0.4, -0.2) is 30.2 Å². The molecule has 0 heterocycles. The molecule has 2 aromatic carbocycles. The molecule has 0 bridgehead atoms. The Morgan fingerprint density at radius 3 is 2.38 bits per heavy atom. The molecule has 2 N–H and O–H groups in total. The fourth-order valence-corrected chi connectivity index (χ4v) is 2.02. The number of methoxy groups -OCH3 is 2. The van der Waals surface area contributed by atoms with Crippen molar-refractivity contribution in [2.45, 2.75) is 6.42 Å². The minimum absolute atomic E-state index is 0.0662. The van der Waals surface area contributed by atoms with Crippen LogP contribution in [0.25, 0.3) is 0 Å². The number of rotatable bonds is 5. The number of aromatic hydroxyl groups is 2. The molecule has 0 aliphatic carbocycles. The van der Waals surface area contributed by atoms with Crippen molar-refractivity contribution in [1.29, 1.82) is 0 Å². The molecule has 0 aliphatic heterocycles. The third-order valence-corrected chi connectivity index (χ3v) is 3.09. The van der Waals surface area contributed by atoms with Gasteiger partial charge in [-0.25, -0.2) is 0 Å². The maximum absolute atomic E-state index is 12.2. The zero-order chi connectivity index (χ0) is 15.4. The van der Waals surface area contributed by atoms with Crippen molar-refractivity contribution in [3.8, 4) is 23.0 Å². The second kappa shape index (κ2) is 6.17. The summed E-state index contributed by atoms with van der Waals surface area (Å²) in [4.78, 5) is 12.2. The van der Waals surface area contributed by atoms with E-state index in [0.29, 0.717) is 11.5 Å². The molecule has 5 nitrogen and oxygen atoms in total. The monoisotopic (exact) mass is 288 g/mol. The Bertz CT molecular complexity index is 664. The highest BCUT2D eigenvalue weighted by Gasteiger charge is 2.14. The van der Waals surface area contributed by atoms with Crippen LogP contribution in [0.5, 0.6) is 23.0 Å². The highest BCUT2D eigenvalue weighted by Crippen LogP contribution is 2.29. The minimum atomic E-state index is -0.296. The van der Waals surface area contributed by atoms with E-state index < -0.39 is 0 Å². The minimum Gasteiger partial charge on any atom is -0.508 e. The Morgan fingerprint density at radius 1 is 1.00 bits per heavy atom. The van der Waals surface area contributed by atoms with Crippen LogP contribution in [-0.2, 0) is 6.42 Å². The van der Waals surface area contributed by atoms with Crippen molar-refractivity contribution < 1.29 is 24.5 Å². The average Bonchev–Trinajstić information content (AvgIpc) is 2.49. The third kappa shape index (κ3) is 3.25. The van der Waals surface area contributed by atoms with Crippen molar-refractivity contribution >= 4 is 5.78 Å². The summed E-state index contributed by atoms with van der Waals surface area (Å²) in [7, 11) is 3.05. The fourth-order valence-electron chi connectivity index (χ4n) is 2.02. The standard InChI is InChI=1S/C16H16O5/c1-20-15-6-3-10(8-16(15)21-2)7-14(19)12-9-11(17)4-5-13(12)18/h3-6,8-9,17-18H,7H2,1-2H3. The van der Waals surface area contributed by atoms with Gasteiger partial charge in [0.2, 0.25) is 0 Å². The van der Waals surface area contributed by atoms with E-state index in [1.807, 2.05) is 0 Å². The van der Waals surface area contributed by atoms with E-state index in [4.69, 9.17) is 9.47 Å². The summed E-state index contributed by atoms with van der Waals surface area (Å²) < 4.78 is 10.3. The Kier molecular flexibility index (Phi) is 4.33. The molecule has 0 saturated carbocycles. The average molecular weight is 288 g/mol. The Hall–Kier alpha value is -2.69. The number of carbonyl (C=O) groups is 1. The Balaban J connectivity index is 2.25. The summed E-state index contributed by atoms with van der Waals surface area (Å²) in [6.07, 6.45) is 0.0807. The number of Topliss-reactive ketones (excluding diaryl/α,β-unsaturated/α-hetero) is 1. The Labute approximate surface area is 122 Å². The molecule has 0 aromatic heterocycles. The number of ketones is 1. The van der Waals surface area contributed by atoms with Gasteiger partial charge in [-0.05, 0) is 35.9 Å². The molecular formula is C16H16O5. The zero-order valence-corrected chi connectivity index (χ0v) is 11.8. The highest BCUT2D eigenvalue weighted by atomic mass is 16.5. The number of hydrogen-bond acceptors (Lipinski definition) is 5. The molecule has 0 amide bonds. The first-order valence-corrected chi connectivity index (χ1v) is 6.31. The molecule has 0 saturated heterocycles. The molecule has 0 atom stereocenters. The molecule has 110 valence electrons. The predicted molar refractivity (Wildman–Crippen MR) is 77.4 cm³/mol. The normalized spacial score (nSPS) is 10.2. The number of hydrogen-bond donors (Lipinski definition) is 2. The van der Waals surface area contributed by atoms with Crippen LogP contribution in [0.2, 0.25) is 0 Å². The number of phenols is 2. The van der Waals surface area contributed by atoms with Gasteiger partial charge < -0.3 is 19.7 Å². The van der Waals surface area contributed by atoms with Gasteiger partial charge in [0.05, 0.1) is 19.8 Å². The lowest BCUT2D eigenvalue weighted by Gasteiger charge is -2.10. The molecule has 0 fully saturated rings. The van der Waals surface area contributed by atoms with Crippen molar-refractivity contribution in [2.75, 3.05) is 14.2 Å². The molecular weight excluding hydrogens is 272 g/mol. The van der Waals surface area contributed by atoms with E-state index in [2.05, 4.69) is 0 Å². The summed E-state index contributed by atoms with van der Waals surface area (Å²) in [5.74, 6) is 0.592. The first kappa shape index (κ1) is 14.7. The molecule has 0 radical (unpaired) electrons. The maximum Gasteiger partial charge on any atom is 0.171 e. The molecule has 2 rings (SSSR count). The molecule has 21 heavy (non-hydrogen) atoms. The van der Waals surface area contributed by atoms with E-state index in [1.54, 1.807) is 18.2 Å². The van der Waals surface area contributed by atoms with Gasteiger partial charge in [0, 0.05) is 6.42 Å². The van der Waals surface area contributed by atoms with Gasteiger partial charge in [0.15, 0.2) is 17.3 Å². The van der Waals surface area contributed by atoms with Crippen LogP contribution in [0.4, 0.5) is 0 Å². The highest BCUT2D eigenvalue weighted by molar-refractivity contribution is 6.00. The van der Waals surface area contributed by atoms with Crippen LogP contribution < -0.4 is 9.47 Å². The molecule has 0 unspecified atom stereocenters. The third-order valence-electron chi connectivity index (χ3n) is 3.09. The van der Waals surface area contributed by atoms with E-state index in [9.17, 15) is 15.0 Å². The molecule has 0 aliphatic rings. The van der Waals surface area contributed by atoms with Gasteiger partial charge in [0.25, 0.3) is 0 Å². The lowest BCUT2D eigenvalue weighted by atomic mass is 10.0. The summed E-state index contributed by atoms with van der Waals surface area (Å²) in [6.45, 7) is 0. The zero-order valence-electron chi connectivity index (χ0n) is 11.8. The van der Waals surface area contributed by atoms with Crippen LogP contribution in [0.1, 0.15) is 15.9 Å². The van der Waals surface area contributed by atoms with E-state index in [1.165, 1.54) is 32.4 Å². The summed E-state index contributed by atoms with van der Waals surface area (Å²) in [6, 6.07) is 9.03. The van der Waals surface area contributed by atoms with Crippen molar-refractivity contribution in [1.82, 2.24) is 0 Å². The summed E-state index contributed by atoms with van der Waals surface area (Å²) in [5.41, 5.74) is 0.810. The summed E-state index contributed by atoms with van der Waals surface area (Å²) >= 11 is 0. The second-order valence-electron chi connectivity index (χ2n) is 4.49.